The summed E-state index contributed by atoms with van der Waals surface area (Å²) in [5.74, 6) is -6.16. The fourth-order valence-electron chi connectivity index (χ4n) is 2.65. The van der Waals surface area contributed by atoms with Crippen molar-refractivity contribution in [3.63, 3.8) is 0 Å². The minimum absolute atomic E-state index is 0.0657. The molecule has 4 unspecified atom stereocenters. The number of primary amides is 2. The van der Waals surface area contributed by atoms with Crippen LogP contribution in [0.5, 0.6) is 0 Å². The van der Waals surface area contributed by atoms with Crippen molar-refractivity contribution < 1.29 is 39.0 Å². The summed E-state index contributed by atoms with van der Waals surface area (Å²) < 4.78 is 0. The van der Waals surface area contributed by atoms with Crippen LogP contribution < -0.4 is 44.6 Å². The van der Waals surface area contributed by atoms with Crippen LogP contribution in [0.2, 0.25) is 0 Å². The molecule has 198 valence electrons. The molecular weight excluding hydrogens is 470 g/mol. The molecule has 4 atom stereocenters. The van der Waals surface area contributed by atoms with E-state index < -0.39 is 72.7 Å². The third-order valence-electron chi connectivity index (χ3n) is 4.45. The molecule has 0 aromatic rings. The molecule has 0 aliphatic rings. The number of amides is 5. The Balaban J connectivity index is 5.60. The minimum Gasteiger partial charge on any atom is -0.480 e. The van der Waals surface area contributed by atoms with Crippen LogP contribution in [-0.4, -0.2) is 89.0 Å². The maximum atomic E-state index is 12.9. The van der Waals surface area contributed by atoms with E-state index in [-0.39, 0.29) is 38.2 Å². The number of aliphatic imine (C=N–C) groups is 1. The first-order valence-corrected chi connectivity index (χ1v) is 10.4. The van der Waals surface area contributed by atoms with Gasteiger partial charge in [-0.15, -0.1) is 0 Å². The lowest BCUT2D eigenvalue weighted by molar-refractivity contribution is -0.143. The van der Waals surface area contributed by atoms with Crippen molar-refractivity contribution in [3.8, 4) is 0 Å². The Bertz CT molecular complexity index is 816. The van der Waals surface area contributed by atoms with Crippen molar-refractivity contribution in [2.75, 3.05) is 13.2 Å². The van der Waals surface area contributed by atoms with Gasteiger partial charge in [-0.25, -0.2) is 4.79 Å². The summed E-state index contributed by atoms with van der Waals surface area (Å²) in [6.45, 7) is -0.834. The molecular formula is C18H33N9O8. The number of carbonyl (C=O) groups is 6. The standard InChI is InChI=1S/C18H33N9O8/c19-8(6-13(21)30)14(31)25-10(3-4-12(20)29)16(33)26-9(2-1-5-24-18(22)23)15(32)27-11(7-28)17(34)35/h8-11,28H,1-7,19H2,(H2,20,29)(H2,21,30)(H,25,31)(H,26,33)(H,27,32)(H,34,35)(H4,22,23,24). The van der Waals surface area contributed by atoms with Gasteiger partial charge in [-0.2, -0.15) is 0 Å². The number of aliphatic hydroxyl groups excluding tert-OH is 1. The normalized spacial score (nSPS) is 13.9. The van der Waals surface area contributed by atoms with E-state index in [2.05, 4.69) is 20.9 Å². The molecule has 0 saturated heterocycles. The van der Waals surface area contributed by atoms with E-state index >= 15 is 0 Å². The topological polar surface area (TPSA) is 321 Å². The second-order valence-corrected chi connectivity index (χ2v) is 7.44. The number of carboxylic acid groups (broad SMARTS) is 1. The Labute approximate surface area is 200 Å². The van der Waals surface area contributed by atoms with Gasteiger partial charge in [0.1, 0.15) is 18.1 Å². The molecule has 0 radical (unpaired) electrons. The minimum atomic E-state index is -1.64. The van der Waals surface area contributed by atoms with Crippen molar-refractivity contribution >= 4 is 41.5 Å². The first kappa shape index (κ1) is 31.0. The molecule has 0 saturated carbocycles. The first-order chi connectivity index (χ1) is 16.3. The van der Waals surface area contributed by atoms with Gasteiger partial charge < -0.3 is 54.8 Å². The highest BCUT2D eigenvalue weighted by molar-refractivity contribution is 5.95. The molecule has 0 heterocycles. The number of carboxylic acids is 1. The molecule has 5 amide bonds. The van der Waals surface area contributed by atoms with Crippen LogP contribution in [0.3, 0.4) is 0 Å². The Morgan fingerprint density at radius 1 is 0.771 bits per heavy atom. The van der Waals surface area contributed by atoms with E-state index in [9.17, 15) is 28.8 Å². The molecule has 17 nitrogen and oxygen atoms in total. The number of rotatable bonds is 17. The Morgan fingerprint density at radius 3 is 1.74 bits per heavy atom. The van der Waals surface area contributed by atoms with Gasteiger partial charge in [0.2, 0.25) is 29.5 Å². The molecule has 35 heavy (non-hydrogen) atoms. The number of nitrogens with one attached hydrogen (secondary N) is 3. The highest BCUT2D eigenvalue weighted by Gasteiger charge is 2.30. The van der Waals surface area contributed by atoms with Gasteiger partial charge in [-0.3, -0.25) is 29.0 Å². The number of aliphatic hydroxyl groups is 1. The second-order valence-electron chi connectivity index (χ2n) is 7.44. The maximum Gasteiger partial charge on any atom is 0.328 e. The van der Waals surface area contributed by atoms with Crippen molar-refractivity contribution in [3.05, 3.63) is 0 Å². The molecule has 0 aliphatic heterocycles. The number of aliphatic carboxylic acids is 1. The number of guanidine groups is 1. The second kappa shape index (κ2) is 15.8. The quantitative estimate of drug-likeness (QED) is 0.0505. The van der Waals surface area contributed by atoms with Crippen LogP contribution in [0.15, 0.2) is 4.99 Å². The Morgan fingerprint density at radius 2 is 1.29 bits per heavy atom. The summed E-state index contributed by atoms with van der Waals surface area (Å²) in [6.07, 6.45) is -0.994. The molecule has 0 aromatic heterocycles. The van der Waals surface area contributed by atoms with Gasteiger partial charge in [0.05, 0.1) is 19.1 Å². The lowest BCUT2D eigenvalue weighted by Crippen LogP contribution is -2.57. The molecule has 0 rings (SSSR count). The summed E-state index contributed by atoms with van der Waals surface area (Å²) in [4.78, 5) is 74.7. The SMILES string of the molecule is NC(=O)CCC(NC(=O)C(N)CC(N)=O)C(=O)NC(CCCN=C(N)N)C(=O)NC(CO)C(=O)O. The van der Waals surface area contributed by atoms with Crippen molar-refractivity contribution in [1.29, 1.82) is 0 Å². The molecule has 0 aliphatic carbocycles. The van der Waals surface area contributed by atoms with Crippen molar-refractivity contribution in [2.24, 2.45) is 33.7 Å². The van der Waals surface area contributed by atoms with Crippen LogP contribution >= 0.6 is 0 Å². The third-order valence-corrected chi connectivity index (χ3v) is 4.45. The highest BCUT2D eigenvalue weighted by atomic mass is 16.4. The van der Waals surface area contributed by atoms with Crippen molar-refractivity contribution in [1.82, 2.24) is 16.0 Å². The summed E-state index contributed by atoms with van der Waals surface area (Å²) >= 11 is 0. The van der Waals surface area contributed by atoms with E-state index in [4.69, 9.17) is 38.9 Å². The third kappa shape index (κ3) is 13.3. The smallest absolute Gasteiger partial charge is 0.328 e. The van der Waals surface area contributed by atoms with Crippen LogP contribution in [0, 0.1) is 0 Å². The van der Waals surface area contributed by atoms with Gasteiger partial charge in [0.25, 0.3) is 0 Å². The summed E-state index contributed by atoms with van der Waals surface area (Å²) in [5.41, 5.74) is 26.1. The lowest BCUT2D eigenvalue weighted by Gasteiger charge is -2.24. The number of nitrogens with two attached hydrogens (primary N) is 5. The average Bonchev–Trinajstić information content (AvgIpc) is 2.75. The maximum absolute atomic E-state index is 12.9. The first-order valence-electron chi connectivity index (χ1n) is 10.4. The van der Waals surface area contributed by atoms with Gasteiger partial charge >= 0.3 is 5.97 Å². The number of carbonyl (C=O) groups excluding carboxylic acids is 5. The van der Waals surface area contributed by atoms with Crippen molar-refractivity contribution in [2.45, 2.75) is 56.3 Å². The van der Waals surface area contributed by atoms with E-state index in [0.717, 1.165) is 0 Å². The van der Waals surface area contributed by atoms with Crippen LogP contribution in [0.25, 0.3) is 0 Å². The average molecular weight is 504 g/mol. The number of hydrogen-bond acceptors (Lipinski definition) is 9. The lowest BCUT2D eigenvalue weighted by atomic mass is 10.1. The van der Waals surface area contributed by atoms with Gasteiger partial charge in [-0.05, 0) is 19.3 Å². The number of hydrogen-bond donors (Lipinski definition) is 10. The molecule has 17 heteroatoms. The van der Waals surface area contributed by atoms with Gasteiger partial charge in [-0.1, -0.05) is 0 Å². The fraction of sp³-hybridized carbons (Fsp3) is 0.611. The van der Waals surface area contributed by atoms with Gasteiger partial charge in [0, 0.05) is 13.0 Å². The van der Waals surface area contributed by atoms with Crippen LogP contribution in [0.1, 0.15) is 32.1 Å². The largest absolute Gasteiger partial charge is 0.480 e. The van der Waals surface area contributed by atoms with E-state index in [0.29, 0.717) is 0 Å². The summed E-state index contributed by atoms with van der Waals surface area (Å²) in [6, 6.07) is -5.75. The highest BCUT2D eigenvalue weighted by Crippen LogP contribution is 2.04. The predicted molar refractivity (Wildman–Crippen MR) is 121 cm³/mol. The number of nitrogens with zero attached hydrogens (tertiary/aromatic N) is 1. The zero-order valence-electron chi connectivity index (χ0n) is 18.9. The molecule has 0 fully saturated rings. The Hall–Kier alpha value is -3.99. The zero-order valence-corrected chi connectivity index (χ0v) is 18.9. The van der Waals surface area contributed by atoms with Gasteiger partial charge in [0.15, 0.2) is 5.96 Å². The summed E-state index contributed by atoms with van der Waals surface area (Å²) in [5, 5.41) is 24.9. The summed E-state index contributed by atoms with van der Waals surface area (Å²) in [7, 11) is 0. The van der Waals surface area contributed by atoms with E-state index in [1.165, 1.54) is 0 Å². The molecule has 0 spiro atoms. The van der Waals surface area contributed by atoms with E-state index in [1.807, 2.05) is 0 Å². The van der Waals surface area contributed by atoms with Crippen LogP contribution in [0.4, 0.5) is 0 Å². The van der Waals surface area contributed by atoms with E-state index in [1.54, 1.807) is 0 Å². The van der Waals surface area contributed by atoms with Crippen LogP contribution in [-0.2, 0) is 28.8 Å². The molecule has 15 N–H and O–H groups in total. The Kier molecular flexibility index (Phi) is 14.0. The zero-order chi connectivity index (χ0) is 27.1. The fourth-order valence-corrected chi connectivity index (χ4v) is 2.65. The molecule has 0 aromatic carbocycles. The monoisotopic (exact) mass is 503 g/mol. The molecule has 0 bridgehead atoms. The predicted octanol–water partition coefficient (Wildman–Crippen LogP) is -5.96.